The molecule has 0 saturated carbocycles. The number of hydrogen-bond acceptors (Lipinski definition) is 4. The summed E-state index contributed by atoms with van der Waals surface area (Å²) in [5.74, 6) is 0.751. The first-order chi connectivity index (χ1) is 7.27. The van der Waals surface area contributed by atoms with Crippen LogP contribution in [0.4, 0.5) is 0 Å². The van der Waals surface area contributed by atoms with Crippen LogP contribution in [0.15, 0.2) is 22.8 Å². The van der Waals surface area contributed by atoms with Crippen LogP contribution in [0.2, 0.25) is 0 Å². The zero-order valence-corrected chi connectivity index (χ0v) is 8.30. The van der Waals surface area contributed by atoms with E-state index in [1.54, 1.807) is 18.4 Å². The predicted octanol–water partition coefficient (Wildman–Crippen LogP) is 1.68. The Morgan fingerprint density at radius 2 is 2.53 bits per heavy atom. The molecule has 0 radical (unpaired) electrons. The largest absolute Gasteiger partial charge is 0.469 e. The van der Waals surface area contributed by atoms with Gasteiger partial charge in [0.1, 0.15) is 5.76 Å². The molecule has 0 aliphatic carbocycles. The highest BCUT2D eigenvalue weighted by Gasteiger charge is 2.32. The monoisotopic (exact) mass is 211 g/mol. The van der Waals surface area contributed by atoms with Gasteiger partial charge >= 0.3 is 0 Å². The molecule has 5 nitrogen and oxygen atoms in total. The van der Waals surface area contributed by atoms with Gasteiger partial charge in [-0.1, -0.05) is 0 Å². The summed E-state index contributed by atoms with van der Waals surface area (Å²) in [7, 11) is 0. The van der Waals surface area contributed by atoms with Gasteiger partial charge in [-0.3, -0.25) is 10.1 Å². The Morgan fingerprint density at radius 3 is 3.07 bits per heavy atom. The quantitative estimate of drug-likeness (QED) is 0.561. The second kappa shape index (κ2) is 4.44. The summed E-state index contributed by atoms with van der Waals surface area (Å²) in [5, 5.41) is 10.6. The molecule has 2 atom stereocenters. The fraction of sp³-hybridized carbons (Fsp3) is 0.600. The molecule has 82 valence electrons. The summed E-state index contributed by atoms with van der Waals surface area (Å²) < 4.78 is 10.5. The maximum atomic E-state index is 10.6. The van der Waals surface area contributed by atoms with Gasteiger partial charge in [0.15, 0.2) is 0 Å². The molecule has 1 unspecified atom stereocenters. The lowest BCUT2D eigenvalue weighted by Crippen LogP contribution is -2.21. The minimum Gasteiger partial charge on any atom is -0.469 e. The van der Waals surface area contributed by atoms with E-state index < -0.39 is 0 Å². The minimum atomic E-state index is -0.286. The third-order valence-corrected chi connectivity index (χ3v) is 2.79. The molecule has 2 heterocycles. The molecule has 0 spiro atoms. The normalized spacial score (nSPS) is 22.8. The lowest BCUT2D eigenvalue weighted by molar-refractivity contribution is -0.485. The number of rotatable bonds is 4. The van der Waals surface area contributed by atoms with Crippen LogP contribution in [0.5, 0.6) is 0 Å². The van der Waals surface area contributed by atoms with Crippen molar-refractivity contribution in [1.29, 1.82) is 0 Å². The zero-order valence-electron chi connectivity index (χ0n) is 8.30. The van der Waals surface area contributed by atoms with Crippen molar-refractivity contribution in [1.82, 2.24) is 0 Å². The molecule has 1 aliphatic rings. The molecule has 15 heavy (non-hydrogen) atoms. The predicted molar refractivity (Wildman–Crippen MR) is 52.2 cm³/mol. The molecule has 1 aliphatic heterocycles. The van der Waals surface area contributed by atoms with Gasteiger partial charge in [-0.15, -0.1) is 0 Å². The molecule has 1 aromatic rings. The summed E-state index contributed by atoms with van der Waals surface area (Å²) in [6.45, 7) is 1.21. The Bertz CT molecular complexity index is 316. The van der Waals surface area contributed by atoms with E-state index >= 15 is 0 Å². The molecule has 0 amide bonds. The van der Waals surface area contributed by atoms with E-state index in [0.717, 1.165) is 6.42 Å². The average Bonchev–Trinajstić information content (AvgIpc) is 2.87. The van der Waals surface area contributed by atoms with Gasteiger partial charge in [0.2, 0.25) is 6.54 Å². The number of furan rings is 1. The lowest BCUT2D eigenvalue weighted by atomic mass is 9.89. The van der Waals surface area contributed by atoms with E-state index in [2.05, 4.69) is 0 Å². The highest BCUT2D eigenvalue weighted by molar-refractivity contribution is 5.07. The number of ether oxygens (including phenoxy) is 1. The van der Waals surface area contributed by atoms with E-state index in [-0.39, 0.29) is 23.3 Å². The first-order valence-corrected chi connectivity index (χ1v) is 5.00. The second-order valence-electron chi connectivity index (χ2n) is 3.76. The second-order valence-corrected chi connectivity index (χ2v) is 3.76. The number of nitrogens with zero attached hydrogens (tertiary/aromatic N) is 1. The fourth-order valence-electron chi connectivity index (χ4n) is 2.00. The third kappa shape index (κ3) is 2.36. The van der Waals surface area contributed by atoms with Crippen molar-refractivity contribution < 1.29 is 14.1 Å². The average molecular weight is 211 g/mol. The van der Waals surface area contributed by atoms with Crippen LogP contribution in [0.3, 0.4) is 0 Å². The standard InChI is InChI=1S/C10H13NO4/c12-11(13)6-9(8-3-5-14-7-8)10-2-1-4-15-10/h1-2,4,8-9H,3,5-7H2/t8?,9-/m1/s1. The van der Waals surface area contributed by atoms with Gasteiger partial charge in [0.25, 0.3) is 0 Å². The Hall–Kier alpha value is -1.36. The summed E-state index contributed by atoms with van der Waals surface area (Å²) in [5.41, 5.74) is 0. The molecular formula is C10H13NO4. The van der Waals surface area contributed by atoms with Crippen molar-refractivity contribution >= 4 is 0 Å². The first kappa shape index (κ1) is 10.2. The third-order valence-electron chi connectivity index (χ3n) is 2.79. The van der Waals surface area contributed by atoms with Gasteiger partial charge in [-0.25, -0.2) is 0 Å². The van der Waals surface area contributed by atoms with Crippen molar-refractivity contribution in [2.75, 3.05) is 19.8 Å². The van der Waals surface area contributed by atoms with E-state index in [0.29, 0.717) is 19.0 Å². The van der Waals surface area contributed by atoms with Gasteiger partial charge < -0.3 is 9.15 Å². The summed E-state index contributed by atoms with van der Waals surface area (Å²) in [6.07, 6.45) is 2.43. The highest BCUT2D eigenvalue weighted by Crippen LogP contribution is 2.31. The number of hydrogen-bond donors (Lipinski definition) is 0. The summed E-state index contributed by atoms with van der Waals surface area (Å²) >= 11 is 0. The smallest absolute Gasteiger partial charge is 0.214 e. The fourth-order valence-corrected chi connectivity index (χ4v) is 2.00. The van der Waals surface area contributed by atoms with E-state index in [4.69, 9.17) is 9.15 Å². The molecule has 5 heteroatoms. The number of nitro groups is 1. The zero-order chi connectivity index (χ0) is 10.7. The Balaban J connectivity index is 2.12. The topological polar surface area (TPSA) is 65.5 Å². The van der Waals surface area contributed by atoms with Crippen molar-refractivity contribution in [2.45, 2.75) is 12.3 Å². The molecule has 0 bridgehead atoms. The summed E-state index contributed by atoms with van der Waals surface area (Å²) in [4.78, 5) is 10.3. The Kier molecular flexibility index (Phi) is 3.01. The van der Waals surface area contributed by atoms with Gasteiger partial charge in [-0.2, -0.15) is 0 Å². The van der Waals surface area contributed by atoms with Gasteiger partial charge in [-0.05, 0) is 18.6 Å². The molecule has 2 rings (SSSR count). The van der Waals surface area contributed by atoms with Crippen molar-refractivity contribution in [3.63, 3.8) is 0 Å². The lowest BCUT2D eigenvalue weighted by Gasteiger charge is -2.15. The van der Waals surface area contributed by atoms with Crippen LogP contribution in [-0.4, -0.2) is 24.7 Å². The van der Waals surface area contributed by atoms with E-state index in [1.165, 1.54) is 0 Å². The Labute approximate surface area is 87.2 Å². The molecule has 1 aromatic heterocycles. The SMILES string of the molecule is O=[N+]([O-])C[C@@H](c1ccco1)C1CCOC1. The Morgan fingerprint density at radius 1 is 1.67 bits per heavy atom. The molecule has 1 fully saturated rings. The van der Waals surface area contributed by atoms with Crippen LogP contribution in [0, 0.1) is 16.0 Å². The van der Waals surface area contributed by atoms with E-state index in [1.807, 2.05) is 0 Å². The van der Waals surface area contributed by atoms with E-state index in [9.17, 15) is 10.1 Å². The van der Waals surface area contributed by atoms with Crippen molar-refractivity contribution in [3.8, 4) is 0 Å². The van der Waals surface area contributed by atoms with Crippen LogP contribution in [0.1, 0.15) is 18.1 Å². The molecule has 1 saturated heterocycles. The first-order valence-electron chi connectivity index (χ1n) is 5.00. The van der Waals surface area contributed by atoms with Crippen molar-refractivity contribution in [3.05, 3.63) is 34.3 Å². The van der Waals surface area contributed by atoms with Crippen LogP contribution >= 0.6 is 0 Å². The van der Waals surface area contributed by atoms with Crippen LogP contribution in [0.25, 0.3) is 0 Å². The summed E-state index contributed by atoms with van der Waals surface area (Å²) in [6, 6.07) is 3.56. The maximum absolute atomic E-state index is 10.6. The molecule has 0 N–H and O–H groups in total. The van der Waals surface area contributed by atoms with Crippen molar-refractivity contribution in [2.24, 2.45) is 5.92 Å². The highest BCUT2D eigenvalue weighted by atomic mass is 16.6. The van der Waals surface area contributed by atoms with Gasteiger partial charge in [0.05, 0.1) is 18.8 Å². The molecule has 0 aromatic carbocycles. The molecular weight excluding hydrogens is 198 g/mol. The maximum Gasteiger partial charge on any atom is 0.214 e. The van der Waals surface area contributed by atoms with Crippen LogP contribution < -0.4 is 0 Å². The minimum absolute atomic E-state index is 0.0818. The van der Waals surface area contributed by atoms with Crippen LogP contribution in [-0.2, 0) is 4.74 Å². The van der Waals surface area contributed by atoms with Gasteiger partial charge in [0, 0.05) is 17.4 Å².